The van der Waals surface area contributed by atoms with Crippen molar-refractivity contribution in [3.63, 3.8) is 0 Å². The van der Waals surface area contributed by atoms with E-state index in [1.807, 2.05) is 6.92 Å². The lowest BCUT2D eigenvalue weighted by Crippen LogP contribution is -2.55. The lowest BCUT2D eigenvalue weighted by Gasteiger charge is -2.33. The second kappa shape index (κ2) is 7.56. The van der Waals surface area contributed by atoms with Crippen LogP contribution >= 0.6 is 0 Å². The molecule has 0 radical (unpaired) electrons. The Morgan fingerprint density at radius 1 is 1.38 bits per heavy atom. The lowest BCUT2D eigenvalue weighted by atomic mass is 9.84. The highest BCUT2D eigenvalue weighted by molar-refractivity contribution is 5.79. The van der Waals surface area contributed by atoms with Gasteiger partial charge in [0.25, 0.3) is 0 Å². The molecule has 21 heavy (non-hydrogen) atoms. The van der Waals surface area contributed by atoms with Crippen LogP contribution in [0.5, 0.6) is 0 Å². The van der Waals surface area contributed by atoms with Gasteiger partial charge in [-0.25, -0.2) is 0 Å². The molecular weight excluding hydrogens is 268 g/mol. The fourth-order valence-electron chi connectivity index (χ4n) is 3.82. The molecule has 2 N–H and O–H groups in total. The van der Waals surface area contributed by atoms with Gasteiger partial charge in [0, 0.05) is 19.7 Å². The first kappa shape index (κ1) is 16.7. The summed E-state index contributed by atoms with van der Waals surface area (Å²) in [5, 5.41) is 13.0. The van der Waals surface area contributed by atoms with Crippen molar-refractivity contribution >= 4 is 5.97 Å². The van der Waals surface area contributed by atoms with Crippen LogP contribution in [0, 0.1) is 5.92 Å². The first-order valence-electron chi connectivity index (χ1n) is 8.35. The monoisotopic (exact) mass is 298 g/mol. The predicted octanol–water partition coefficient (Wildman–Crippen LogP) is 1.72. The molecular formula is C16H30N2O3. The van der Waals surface area contributed by atoms with Crippen LogP contribution in [0.4, 0.5) is 0 Å². The highest BCUT2D eigenvalue weighted by atomic mass is 16.5. The Labute approximate surface area is 128 Å². The number of carboxylic acid groups (broad SMARTS) is 1. The van der Waals surface area contributed by atoms with Crippen molar-refractivity contribution in [3.8, 4) is 0 Å². The van der Waals surface area contributed by atoms with Gasteiger partial charge in [0.15, 0.2) is 0 Å². The van der Waals surface area contributed by atoms with Crippen molar-refractivity contribution in [2.24, 2.45) is 5.92 Å². The Kier molecular flexibility index (Phi) is 6.02. The number of rotatable bonds is 10. The van der Waals surface area contributed by atoms with E-state index in [1.165, 1.54) is 12.8 Å². The highest BCUT2D eigenvalue weighted by Gasteiger charge is 2.48. The number of methoxy groups -OCH3 is 1. The van der Waals surface area contributed by atoms with Crippen LogP contribution in [-0.4, -0.2) is 60.9 Å². The second-order valence-electron chi connectivity index (χ2n) is 6.44. The number of hydrogen-bond donors (Lipinski definition) is 2. The minimum atomic E-state index is -0.689. The molecule has 0 bridgehead atoms. The number of ether oxygens (including phenoxy) is 1. The minimum absolute atomic E-state index is 0.249. The number of nitrogens with one attached hydrogen (secondary N) is 1. The molecule has 2 saturated carbocycles. The molecule has 0 aromatic heterocycles. The van der Waals surface area contributed by atoms with Gasteiger partial charge in [-0.05, 0) is 51.1 Å². The van der Waals surface area contributed by atoms with E-state index >= 15 is 0 Å². The van der Waals surface area contributed by atoms with Crippen molar-refractivity contribution in [3.05, 3.63) is 0 Å². The first-order chi connectivity index (χ1) is 10.1. The molecule has 2 aliphatic rings. The fraction of sp³-hybridized carbons (Fsp3) is 0.938. The zero-order chi connectivity index (χ0) is 15.3. The summed E-state index contributed by atoms with van der Waals surface area (Å²) in [7, 11) is 1.74. The van der Waals surface area contributed by atoms with Gasteiger partial charge in [-0.1, -0.05) is 13.3 Å². The summed E-state index contributed by atoms with van der Waals surface area (Å²) in [5.74, 6) is -0.416. The quantitative estimate of drug-likeness (QED) is 0.643. The third-order valence-corrected chi connectivity index (χ3v) is 5.11. The third kappa shape index (κ3) is 3.96. The van der Waals surface area contributed by atoms with Crippen LogP contribution in [0.3, 0.4) is 0 Å². The summed E-state index contributed by atoms with van der Waals surface area (Å²) in [6.45, 7) is 5.45. The largest absolute Gasteiger partial charge is 0.480 e. The molecule has 0 aromatic carbocycles. The van der Waals surface area contributed by atoms with Crippen LogP contribution in [0.2, 0.25) is 0 Å². The third-order valence-electron chi connectivity index (χ3n) is 5.11. The lowest BCUT2D eigenvalue weighted by molar-refractivity contribution is -0.146. The Hall–Kier alpha value is -0.650. The summed E-state index contributed by atoms with van der Waals surface area (Å²) < 4.78 is 5.19. The molecule has 0 aliphatic heterocycles. The standard InChI is InChI=1S/C16H30N2O3/c1-3-17-16(15(19)20)9-4-5-13(16)8-10-18(11-12-21-2)14-6-7-14/h13-14,17H,3-12H2,1-2H3,(H,19,20). The second-order valence-corrected chi connectivity index (χ2v) is 6.44. The molecule has 0 heterocycles. The SMILES string of the molecule is CCNC1(C(=O)O)CCCC1CCN(CCOC)C1CC1. The van der Waals surface area contributed by atoms with Crippen molar-refractivity contribution < 1.29 is 14.6 Å². The van der Waals surface area contributed by atoms with E-state index in [0.29, 0.717) is 6.04 Å². The minimum Gasteiger partial charge on any atom is -0.480 e. The topological polar surface area (TPSA) is 61.8 Å². The summed E-state index contributed by atoms with van der Waals surface area (Å²) in [6.07, 6.45) is 6.35. The van der Waals surface area contributed by atoms with Crippen LogP contribution in [-0.2, 0) is 9.53 Å². The van der Waals surface area contributed by atoms with Crippen molar-refractivity contribution in [1.82, 2.24) is 10.2 Å². The maximum atomic E-state index is 11.8. The molecule has 0 amide bonds. The van der Waals surface area contributed by atoms with Gasteiger partial charge in [-0.15, -0.1) is 0 Å². The maximum absolute atomic E-state index is 11.8. The Bertz CT molecular complexity index is 346. The molecule has 0 spiro atoms. The van der Waals surface area contributed by atoms with E-state index in [4.69, 9.17) is 4.74 Å². The predicted molar refractivity (Wildman–Crippen MR) is 82.5 cm³/mol. The zero-order valence-electron chi connectivity index (χ0n) is 13.4. The average molecular weight is 298 g/mol. The molecule has 2 atom stereocenters. The Balaban J connectivity index is 1.91. The van der Waals surface area contributed by atoms with Gasteiger partial charge < -0.3 is 15.2 Å². The van der Waals surface area contributed by atoms with E-state index in [1.54, 1.807) is 7.11 Å². The number of carboxylic acids is 1. The number of nitrogens with zero attached hydrogens (tertiary/aromatic N) is 1. The number of likely N-dealkylation sites (N-methyl/N-ethyl adjacent to an activating group) is 1. The van der Waals surface area contributed by atoms with Crippen LogP contribution in [0.1, 0.15) is 45.4 Å². The van der Waals surface area contributed by atoms with E-state index < -0.39 is 11.5 Å². The summed E-state index contributed by atoms with van der Waals surface area (Å²) in [4.78, 5) is 14.3. The summed E-state index contributed by atoms with van der Waals surface area (Å²) >= 11 is 0. The first-order valence-corrected chi connectivity index (χ1v) is 8.35. The molecule has 0 aromatic rings. The molecule has 2 fully saturated rings. The summed E-state index contributed by atoms with van der Waals surface area (Å²) in [5.41, 5.74) is -0.689. The van der Waals surface area contributed by atoms with Gasteiger partial charge in [0.2, 0.25) is 0 Å². The zero-order valence-corrected chi connectivity index (χ0v) is 13.4. The molecule has 2 unspecified atom stereocenters. The number of aliphatic carboxylic acids is 1. The van der Waals surface area contributed by atoms with Crippen molar-refractivity contribution in [2.75, 3.05) is 33.4 Å². The fourth-order valence-corrected chi connectivity index (χ4v) is 3.82. The smallest absolute Gasteiger partial charge is 0.324 e. The molecule has 122 valence electrons. The van der Waals surface area contributed by atoms with Crippen molar-refractivity contribution in [2.45, 2.75) is 57.0 Å². The maximum Gasteiger partial charge on any atom is 0.324 e. The van der Waals surface area contributed by atoms with Gasteiger partial charge in [0.1, 0.15) is 5.54 Å². The van der Waals surface area contributed by atoms with Crippen LogP contribution in [0.25, 0.3) is 0 Å². The molecule has 5 heteroatoms. The Morgan fingerprint density at radius 3 is 2.71 bits per heavy atom. The average Bonchev–Trinajstić information content (AvgIpc) is 3.21. The highest BCUT2D eigenvalue weighted by Crippen LogP contribution is 2.39. The normalized spacial score (nSPS) is 29.2. The van der Waals surface area contributed by atoms with E-state index in [-0.39, 0.29) is 5.92 Å². The number of carbonyl (C=O) groups is 1. The van der Waals surface area contributed by atoms with Gasteiger partial charge in [-0.3, -0.25) is 9.69 Å². The van der Waals surface area contributed by atoms with Crippen molar-refractivity contribution in [1.29, 1.82) is 0 Å². The van der Waals surface area contributed by atoms with Crippen LogP contribution < -0.4 is 5.32 Å². The molecule has 0 saturated heterocycles. The molecule has 2 rings (SSSR count). The Morgan fingerprint density at radius 2 is 2.14 bits per heavy atom. The van der Waals surface area contributed by atoms with E-state index in [0.717, 1.165) is 51.9 Å². The van der Waals surface area contributed by atoms with Gasteiger partial charge >= 0.3 is 5.97 Å². The van der Waals surface area contributed by atoms with E-state index in [2.05, 4.69) is 10.2 Å². The van der Waals surface area contributed by atoms with E-state index in [9.17, 15) is 9.90 Å². The number of hydrogen-bond acceptors (Lipinski definition) is 4. The molecule has 5 nitrogen and oxygen atoms in total. The molecule has 2 aliphatic carbocycles. The van der Waals surface area contributed by atoms with Gasteiger partial charge in [0.05, 0.1) is 6.61 Å². The van der Waals surface area contributed by atoms with Gasteiger partial charge in [-0.2, -0.15) is 0 Å². The van der Waals surface area contributed by atoms with Crippen LogP contribution in [0.15, 0.2) is 0 Å². The summed E-state index contributed by atoms with van der Waals surface area (Å²) in [6, 6.07) is 0.708.